The Morgan fingerprint density at radius 3 is 2.00 bits per heavy atom. The molecule has 0 aliphatic carbocycles. The van der Waals surface area contributed by atoms with Crippen LogP contribution in [-0.4, -0.2) is 22.5 Å². The monoisotopic (exact) mass is 312 g/mol. The highest BCUT2D eigenvalue weighted by atomic mass is 28.4. The summed E-state index contributed by atoms with van der Waals surface area (Å²) in [6.45, 7) is 14.2. The number of carbonyl (C=O) groups excluding carboxylic acids is 1. The van der Waals surface area contributed by atoms with Crippen molar-refractivity contribution in [2.45, 2.75) is 46.2 Å². The molecule has 4 nitrogen and oxygen atoms in total. The van der Waals surface area contributed by atoms with E-state index in [9.17, 15) is 4.79 Å². The van der Waals surface area contributed by atoms with Crippen LogP contribution >= 0.6 is 0 Å². The number of rotatable bonds is 5. The van der Waals surface area contributed by atoms with Crippen molar-refractivity contribution < 1.29 is 13.6 Å². The van der Waals surface area contributed by atoms with Crippen LogP contribution in [-0.2, 0) is 4.79 Å². The summed E-state index contributed by atoms with van der Waals surface area (Å²) in [6.07, 6.45) is 0. The standard InChI is InChI=1S/C14H25NO3Si2/c1-11(16)15-13-9-8-12(17-19(2,3)4)10-14(13)18-20(5,6)7/h8-10H,1-7H3,(H,15,16)/i15+1. The first kappa shape index (κ1) is 16.8. The number of nitrogens with one attached hydrogen (secondary N) is 1. The third-order valence-corrected chi connectivity index (χ3v) is 3.78. The van der Waals surface area contributed by atoms with Gasteiger partial charge in [0.1, 0.15) is 11.5 Å². The molecule has 0 aliphatic heterocycles. The van der Waals surface area contributed by atoms with Crippen LogP contribution in [0.2, 0.25) is 39.3 Å². The molecule has 6 heteroatoms. The highest BCUT2D eigenvalue weighted by Crippen LogP contribution is 2.32. The Bertz CT molecular complexity index is 490. The van der Waals surface area contributed by atoms with E-state index in [1.165, 1.54) is 6.92 Å². The Labute approximate surface area is 123 Å². The van der Waals surface area contributed by atoms with Crippen LogP contribution in [0.1, 0.15) is 6.92 Å². The predicted molar refractivity (Wildman–Crippen MR) is 88.7 cm³/mol. The summed E-state index contributed by atoms with van der Waals surface area (Å²) in [6, 6.07) is 5.59. The molecule has 0 atom stereocenters. The summed E-state index contributed by atoms with van der Waals surface area (Å²) in [7, 11) is -3.42. The van der Waals surface area contributed by atoms with Crippen LogP contribution in [0.4, 0.5) is 5.69 Å². The number of benzene rings is 1. The first-order valence-corrected chi connectivity index (χ1v) is 13.6. The Kier molecular flexibility index (Phi) is 5.04. The molecule has 0 fully saturated rings. The number of carbonyl (C=O) groups is 1. The highest BCUT2D eigenvalue weighted by Gasteiger charge is 2.21. The summed E-state index contributed by atoms with van der Waals surface area (Å²) in [5.74, 6) is 1.38. The molecule has 1 aromatic carbocycles. The van der Waals surface area contributed by atoms with Gasteiger partial charge in [0.2, 0.25) is 22.5 Å². The normalized spacial score (nSPS) is 11.9. The maximum Gasteiger partial charge on any atom is 0.242 e. The van der Waals surface area contributed by atoms with Crippen LogP contribution in [0.5, 0.6) is 11.5 Å². The van der Waals surface area contributed by atoms with Crippen molar-refractivity contribution in [3.63, 3.8) is 0 Å². The van der Waals surface area contributed by atoms with E-state index in [4.69, 9.17) is 8.85 Å². The lowest BCUT2D eigenvalue weighted by Crippen LogP contribution is -2.31. The minimum Gasteiger partial charge on any atom is -0.544 e. The predicted octanol–water partition coefficient (Wildman–Crippen LogP) is 4.07. The molecule has 0 aromatic heterocycles. The summed E-state index contributed by atoms with van der Waals surface area (Å²) >= 11 is 0. The molecule has 0 heterocycles. The minimum absolute atomic E-state index is 0.107. The van der Waals surface area contributed by atoms with Gasteiger partial charge in [-0.1, -0.05) is 0 Å². The topological polar surface area (TPSA) is 47.6 Å². The molecule has 1 amide bonds. The molecule has 0 radical (unpaired) electrons. The molecule has 1 aromatic rings. The van der Waals surface area contributed by atoms with Crippen molar-refractivity contribution in [3.05, 3.63) is 18.2 Å². The zero-order valence-corrected chi connectivity index (χ0v) is 15.5. The van der Waals surface area contributed by atoms with Crippen LogP contribution in [0, 0.1) is 0 Å². The lowest BCUT2D eigenvalue weighted by atomic mass is 10.3. The molecule has 1 rings (SSSR count). The minimum atomic E-state index is -1.76. The van der Waals surface area contributed by atoms with Crippen molar-refractivity contribution in [1.82, 2.24) is 0 Å². The van der Waals surface area contributed by atoms with Gasteiger partial charge in [0, 0.05) is 13.0 Å². The molecule has 0 spiro atoms. The number of hydrogen-bond donors (Lipinski definition) is 1. The lowest BCUT2D eigenvalue weighted by Gasteiger charge is -2.24. The van der Waals surface area contributed by atoms with Gasteiger partial charge >= 0.3 is 0 Å². The fourth-order valence-corrected chi connectivity index (χ4v) is 3.29. The van der Waals surface area contributed by atoms with E-state index in [-0.39, 0.29) is 5.91 Å². The third kappa shape index (κ3) is 6.25. The first-order valence-electron chi connectivity index (χ1n) is 6.76. The van der Waals surface area contributed by atoms with Crippen molar-refractivity contribution in [2.24, 2.45) is 0 Å². The second-order valence-electron chi connectivity index (χ2n) is 6.77. The molecule has 20 heavy (non-hydrogen) atoms. The Morgan fingerprint density at radius 1 is 1.00 bits per heavy atom. The average Bonchev–Trinajstić information content (AvgIpc) is 2.16. The number of anilines is 1. The highest BCUT2D eigenvalue weighted by molar-refractivity contribution is 6.71. The van der Waals surface area contributed by atoms with Crippen molar-refractivity contribution in [2.75, 3.05) is 5.32 Å². The number of hydrogen-bond acceptors (Lipinski definition) is 3. The van der Waals surface area contributed by atoms with Crippen LogP contribution in [0.25, 0.3) is 0 Å². The van der Waals surface area contributed by atoms with Crippen molar-refractivity contribution in [3.8, 4) is 11.5 Å². The molecule has 1 N–H and O–H groups in total. The summed E-state index contributed by atoms with van der Waals surface area (Å²) in [5.41, 5.74) is 0.697. The Balaban J connectivity index is 3.11. The second-order valence-corrected chi connectivity index (χ2v) is 15.6. The van der Waals surface area contributed by atoms with Crippen molar-refractivity contribution >= 4 is 28.2 Å². The summed E-state index contributed by atoms with van der Waals surface area (Å²) in [4.78, 5) is 11.3. The quantitative estimate of drug-likeness (QED) is 0.658. The van der Waals surface area contributed by atoms with Gasteiger partial charge in [-0.05, 0) is 51.4 Å². The largest absolute Gasteiger partial charge is 0.544 e. The fraction of sp³-hybridized carbons (Fsp3) is 0.500. The molecular weight excluding hydrogens is 287 g/mol. The molecular formula is C14H25NO3Si2. The summed E-state index contributed by atoms with van der Waals surface area (Å²) in [5, 5.41) is 2.80. The molecule has 0 saturated heterocycles. The van der Waals surface area contributed by atoms with Gasteiger partial charge in [-0.2, -0.15) is 0 Å². The van der Waals surface area contributed by atoms with E-state index in [0.29, 0.717) is 11.4 Å². The number of amides is 1. The van der Waals surface area contributed by atoms with E-state index in [2.05, 4.69) is 44.6 Å². The first-order chi connectivity index (χ1) is 8.96. The molecule has 112 valence electrons. The second kappa shape index (κ2) is 6.01. The smallest absolute Gasteiger partial charge is 0.242 e. The average molecular weight is 313 g/mol. The maximum absolute atomic E-state index is 11.3. The zero-order valence-electron chi connectivity index (χ0n) is 13.5. The van der Waals surface area contributed by atoms with E-state index >= 15 is 0 Å². The van der Waals surface area contributed by atoms with E-state index in [1.807, 2.05) is 18.2 Å². The van der Waals surface area contributed by atoms with E-state index in [0.717, 1.165) is 5.75 Å². The van der Waals surface area contributed by atoms with Gasteiger partial charge in [0.25, 0.3) is 0 Å². The Morgan fingerprint density at radius 2 is 1.55 bits per heavy atom. The van der Waals surface area contributed by atoms with E-state index < -0.39 is 16.6 Å². The lowest BCUT2D eigenvalue weighted by molar-refractivity contribution is -0.114. The van der Waals surface area contributed by atoms with Crippen molar-refractivity contribution in [1.29, 1.82) is 0 Å². The maximum atomic E-state index is 11.3. The SMILES string of the molecule is CC(=O)[15NH]c1ccc(O[Si](C)(C)C)cc1O[Si](C)(C)C. The molecule has 0 saturated carbocycles. The van der Waals surface area contributed by atoms with Crippen LogP contribution in [0.15, 0.2) is 18.2 Å². The van der Waals surface area contributed by atoms with E-state index in [1.54, 1.807) is 0 Å². The zero-order chi connectivity index (χ0) is 15.6. The van der Waals surface area contributed by atoms with Gasteiger partial charge < -0.3 is 14.2 Å². The van der Waals surface area contributed by atoms with Crippen LogP contribution < -0.4 is 14.2 Å². The van der Waals surface area contributed by atoms with Gasteiger partial charge in [0.05, 0.1) is 5.69 Å². The fourth-order valence-electron chi connectivity index (χ4n) is 1.63. The third-order valence-electron chi connectivity index (χ3n) is 2.10. The molecule has 0 bridgehead atoms. The van der Waals surface area contributed by atoms with Crippen LogP contribution in [0.3, 0.4) is 0 Å². The Hall–Kier alpha value is -1.28. The summed E-state index contributed by atoms with van der Waals surface area (Å²) < 4.78 is 12.0. The van der Waals surface area contributed by atoms with Gasteiger partial charge in [-0.15, -0.1) is 0 Å². The molecule has 0 unspecified atom stereocenters. The van der Waals surface area contributed by atoms with Gasteiger partial charge in [-0.25, -0.2) is 0 Å². The van der Waals surface area contributed by atoms with Gasteiger partial charge in [-0.3, -0.25) is 4.79 Å². The van der Waals surface area contributed by atoms with Gasteiger partial charge in [0.15, 0.2) is 0 Å². The molecule has 0 aliphatic rings.